The minimum absolute atomic E-state index is 0.0376. The lowest BCUT2D eigenvalue weighted by Crippen LogP contribution is -2.27. The SMILES string of the molecule is CC1=CC2OC(=O)C=CC2C=C1.COC(=O)/C=C/c1ccc(C)cc1.Cc1ccc(/C=C/C(=O)c2ccc(C)cc2)cc1.Cc1ccc(/C=C/C(=O)c2ccc(C)cc2)cc1.Cc1ccc(/C=C/c2ccc(C)cc2)cc1. The predicted molar refractivity (Wildman–Crippen MR) is 320 cm³/mol. The molecule has 0 bridgehead atoms. The molecule has 0 radical (unpaired) electrons. The second-order valence-corrected chi connectivity index (χ2v) is 19.0. The number of ketones is 2. The Hall–Kier alpha value is -9.00. The van der Waals surface area contributed by atoms with E-state index >= 15 is 0 Å². The van der Waals surface area contributed by atoms with E-state index in [1.165, 1.54) is 58.2 Å². The fraction of sp³-hybridized carbons (Fsp3) is 0.155. The van der Waals surface area contributed by atoms with Gasteiger partial charge in [-0.25, -0.2) is 9.59 Å². The molecule has 7 aromatic carbocycles. The first kappa shape index (κ1) is 58.9. The van der Waals surface area contributed by atoms with E-state index in [1.54, 1.807) is 18.2 Å². The van der Waals surface area contributed by atoms with Crippen LogP contribution in [0.15, 0.2) is 224 Å². The van der Waals surface area contributed by atoms with Gasteiger partial charge in [0.1, 0.15) is 6.10 Å². The summed E-state index contributed by atoms with van der Waals surface area (Å²) in [7, 11) is 1.36. The molecule has 0 saturated heterocycles. The van der Waals surface area contributed by atoms with Gasteiger partial charge in [0.15, 0.2) is 11.6 Å². The molecule has 0 N–H and O–H groups in total. The number of hydrogen-bond donors (Lipinski definition) is 0. The number of methoxy groups -OCH3 is 1. The van der Waals surface area contributed by atoms with Gasteiger partial charge in [0.05, 0.1) is 7.11 Å². The smallest absolute Gasteiger partial charge is 0.331 e. The van der Waals surface area contributed by atoms with Gasteiger partial charge < -0.3 is 9.47 Å². The number of hydrogen-bond acceptors (Lipinski definition) is 6. The molecule has 1 aliphatic heterocycles. The van der Waals surface area contributed by atoms with Crippen molar-refractivity contribution in [2.24, 2.45) is 5.92 Å². The van der Waals surface area contributed by atoms with Gasteiger partial charge in [0, 0.05) is 29.2 Å². The van der Waals surface area contributed by atoms with Crippen LogP contribution in [-0.4, -0.2) is 36.7 Å². The second kappa shape index (κ2) is 31.0. The Labute approximate surface area is 456 Å². The Bertz CT molecular complexity index is 3060. The second-order valence-electron chi connectivity index (χ2n) is 19.0. The first-order chi connectivity index (χ1) is 37.0. The minimum Gasteiger partial charge on any atom is -0.466 e. The van der Waals surface area contributed by atoms with Crippen molar-refractivity contribution in [3.8, 4) is 0 Å². The quantitative estimate of drug-likeness (QED) is 0.0587. The van der Waals surface area contributed by atoms with Crippen molar-refractivity contribution in [2.75, 3.05) is 7.11 Å². The third-order valence-electron chi connectivity index (χ3n) is 12.1. The standard InChI is InChI=1S/2C17H16O.C16H16.C11H12O2.C10H10O2/c2*1-13-3-7-15(8-4-13)9-12-17(18)16-10-5-14(2)6-11-16;1-13-3-7-15(8-4-13)11-12-16-9-5-14(2)6-10-16;1-9-3-5-10(6-4-9)7-8-11(12)13-2;1-7-2-3-8-4-5-10(11)12-9(8)6-7/h2*3-12H,1-2H3;3-12H,1-2H3;3-8H,1-2H3;2-6,8-9H,1H3/b2*12-9+;12-11+;8-7+;. The van der Waals surface area contributed by atoms with Gasteiger partial charge in [0.25, 0.3) is 0 Å². The van der Waals surface area contributed by atoms with Crippen molar-refractivity contribution in [1.29, 1.82) is 0 Å². The van der Waals surface area contributed by atoms with Gasteiger partial charge in [-0.3, -0.25) is 9.59 Å². The van der Waals surface area contributed by atoms with Gasteiger partial charge in [-0.15, -0.1) is 0 Å². The van der Waals surface area contributed by atoms with Crippen LogP contribution in [0, 0.1) is 54.4 Å². The van der Waals surface area contributed by atoms with E-state index in [-0.39, 0.29) is 35.5 Å². The van der Waals surface area contributed by atoms with Gasteiger partial charge >= 0.3 is 11.9 Å². The van der Waals surface area contributed by atoms with Crippen molar-refractivity contribution < 1.29 is 28.7 Å². The average Bonchev–Trinajstić information content (AvgIpc) is 3.43. The predicted octanol–water partition coefficient (Wildman–Crippen LogP) is 16.7. The summed E-state index contributed by atoms with van der Waals surface area (Å²) >= 11 is 0. The van der Waals surface area contributed by atoms with E-state index in [2.05, 4.69) is 85.3 Å². The molecule has 0 fully saturated rings. The van der Waals surface area contributed by atoms with Gasteiger partial charge in [-0.2, -0.15) is 0 Å². The molecule has 2 atom stereocenters. The molecule has 2 aliphatic rings. The van der Waals surface area contributed by atoms with E-state index in [9.17, 15) is 19.2 Å². The highest BCUT2D eigenvalue weighted by molar-refractivity contribution is 6.07. The maximum atomic E-state index is 11.9. The highest BCUT2D eigenvalue weighted by atomic mass is 16.5. The minimum atomic E-state index is -0.333. The first-order valence-corrected chi connectivity index (χ1v) is 25.6. The number of fused-ring (bicyclic) bond motifs is 1. The largest absolute Gasteiger partial charge is 0.466 e. The number of ether oxygens (including phenoxy) is 2. The molecule has 6 heteroatoms. The molecule has 0 aromatic heterocycles. The molecule has 77 heavy (non-hydrogen) atoms. The number of esters is 2. The summed E-state index contributed by atoms with van der Waals surface area (Å²) in [6.45, 7) is 16.3. The van der Waals surface area contributed by atoms with Crippen molar-refractivity contribution in [3.63, 3.8) is 0 Å². The lowest BCUT2D eigenvalue weighted by molar-refractivity contribution is -0.143. The van der Waals surface area contributed by atoms with Crippen molar-refractivity contribution in [1.82, 2.24) is 0 Å². The molecule has 1 heterocycles. The lowest BCUT2D eigenvalue weighted by atomic mass is 9.92. The summed E-state index contributed by atoms with van der Waals surface area (Å²) < 4.78 is 9.58. The lowest BCUT2D eigenvalue weighted by Gasteiger charge is -2.25. The van der Waals surface area contributed by atoms with Gasteiger partial charge in [-0.05, 0) is 108 Å². The van der Waals surface area contributed by atoms with Gasteiger partial charge in [0.2, 0.25) is 0 Å². The van der Waals surface area contributed by atoms with Crippen LogP contribution in [-0.2, 0) is 19.1 Å². The van der Waals surface area contributed by atoms with E-state index in [0.717, 1.165) is 44.5 Å². The number of benzene rings is 7. The Morgan fingerprint density at radius 2 is 0.675 bits per heavy atom. The van der Waals surface area contributed by atoms with Crippen molar-refractivity contribution in [2.45, 2.75) is 61.5 Å². The molecule has 2 unspecified atom stereocenters. The molecular formula is C71H70O6. The Morgan fingerprint density at radius 3 is 1.00 bits per heavy atom. The summed E-state index contributed by atoms with van der Waals surface area (Å²) in [6.07, 6.45) is 23.7. The van der Waals surface area contributed by atoms with E-state index < -0.39 is 0 Å². The number of aryl methyl sites for hydroxylation is 7. The molecule has 6 nitrogen and oxygen atoms in total. The number of allylic oxidation sites excluding steroid dienone is 4. The third kappa shape index (κ3) is 22.2. The summed E-state index contributed by atoms with van der Waals surface area (Å²) in [6, 6.07) is 56.4. The van der Waals surface area contributed by atoms with Crippen LogP contribution in [0.3, 0.4) is 0 Å². The van der Waals surface area contributed by atoms with E-state index in [0.29, 0.717) is 0 Å². The van der Waals surface area contributed by atoms with Crippen LogP contribution in [0.25, 0.3) is 30.4 Å². The van der Waals surface area contributed by atoms with Crippen LogP contribution < -0.4 is 0 Å². The molecule has 0 amide bonds. The number of rotatable bonds is 10. The maximum absolute atomic E-state index is 11.9. The molecular weight excluding hydrogens is 949 g/mol. The summed E-state index contributed by atoms with van der Waals surface area (Å²) in [5, 5.41) is 0. The highest BCUT2D eigenvalue weighted by Gasteiger charge is 2.24. The summed E-state index contributed by atoms with van der Waals surface area (Å²) in [4.78, 5) is 45.4. The summed E-state index contributed by atoms with van der Waals surface area (Å²) in [5.41, 5.74) is 16.7. The van der Waals surface area contributed by atoms with Crippen molar-refractivity contribution >= 4 is 53.9 Å². The fourth-order valence-electron chi connectivity index (χ4n) is 7.23. The number of carbonyl (C=O) groups is 4. The number of carbonyl (C=O) groups excluding carboxylic acids is 4. The van der Waals surface area contributed by atoms with Crippen LogP contribution in [0.5, 0.6) is 0 Å². The average molecular weight is 1020 g/mol. The van der Waals surface area contributed by atoms with E-state index in [1.807, 2.05) is 193 Å². The van der Waals surface area contributed by atoms with Crippen molar-refractivity contribution in [3.05, 3.63) is 302 Å². The molecule has 9 rings (SSSR count). The maximum Gasteiger partial charge on any atom is 0.331 e. The summed E-state index contributed by atoms with van der Waals surface area (Å²) in [5.74, 6) is -0.256. The Morgan fingerprint density at radius 1 is 0.390 bits per heavy atom. The topological polar surface area (TPSA) is 86.7 Å². The molecule has 1 aliphatic carbocycles. The normalized spacial score (nSPS) is 14.1. The van der Waals surface area contributed by atoms with Crippen LogP contribution in [0.1, 0.15) is 94.4 Å². The monoisotopic (exact) mass is 1020 g/mol. The molecule has 390 valence electrons. The Balaban J connectivity index is 0.000000179. The van der Waals surface area contributed by atoms with Crippen LogP contribution in [0.4, 0.5) is 0 Å². The Kier molecular flexibility index (Phi) is 23.7. The van der Waals surface area contributed by atoms with Crippen LogP contribution in [0.2, 0.25) is 0 Å². The zero-order valence-electron chi connectivity index (χ0n) is 45.8. The molecule has 7 aromatic rings. The third-order valence-corrected chi connectivity index (χ3v) is 12.1. The molecule has 0 spiro atoms. The van der Waals surface area contributed by atoms with Gasteiger partial charge in [-0.1, -0.05) is 257 Å². The highest BCUT2D eigenvalue weighted by Crippen LogP contribution is 2.24. The zero-order chi connectivity index (χ0) is 55.5. The van der Waals surface area contributed by atoms with Crippen LogP contribution >= 0.6 is 0 Å². The molecule has 0 saturated carbocycles. The first-order valence-electron chi connectivity index (χ1n) is 25.6. The van der Waals surface area contributed by atoms with E-state index in [4.69, 9.17) is 4.74 Å². The zero-order valence-corrected chi connectivity index (χ0v) is 45.8. The fourth-order valence-corrected chi connectivity index (χ4v) is 7.23.